The van der Waals surface area contributed by atoms with E-state index < -0.39 is 0 Å². The summed E-state index contributed by atoms with van der Waals surface area (Å²) in [5.74, 6) is 0. The van der Waals surface area contributed by atoms with Gasteiger partial charge in [0.05, 0.1) is 17.6 Å². The minimum absolute atomic E-state index is 0.668. The Labute approximate surface area is 98.9 Å². The number of aromatic nitrogens is 2. The van der Waals surface area contributed by atoms with Crippen LogP contribution in [0, 0.1) is 0 Å². The molecule has 82 valence electrons. The molecule has 0 unspecified atom stereocenters. The number of rotatable bonds is 1. The normalized spacial score (nSPS) is 10.6. The Hall–Kier alpha value is -2.42. The predicted molar refractivity (Wildman–Crippen MR) is 69.4 cm³/mol. The fourth-order valence-electron chi connectivity index (χ4n) is 1.89. The fourth-order valence-corrected chi connectivity index (χ4v) is 1.89. The van der Waals surface area contributed by atoms with Crippen molar-refractivity contribution in [3.63, 3.8) is 0 Å². The molecule has 2 N–H and O–H groups in total. The van der Waals surface area contributed by atoms with Crippen molar-refractivity contribution in [1.29, 1.82) is 0 Å². The molecule has 2 aromatic heterocycles. The van der Waals surface area contributed by atoms with Crippen molar-refractivity contribution in [2.24, 2.45) is 0 Å². The van der Waals surface area contributed by atoms with Crippen LogP contribution in [-0.4, -0.2) is 9.97 Å². The molecule has 3 rings (SSSR count). The van der Waals surface area contributed by atoms with Gasteiger partial charge in [0.25, 0.3) is 0 Å². The van der Waals surface area contributed by atoms with E-state index in [-0.39, 0.29) is 0 Å². The number of benzene rings is 1. The molecule has 0 aliphatic rings. The zero-order valence-electron chi connectivity index (χ0n) is 9.17. The van der Waals surface area contributed by atoms with E-state index in [9.17, 15) is 0 Å². The quantitative estimate of drug-likeness (QED) is 0.687. The van der Waals surface area contributed by atoms with E-state index in [4.69, 9.17) is 5.73 Å². The highest BCUT2D eigenvalue weighted by Crippen LogP contribution is 2.26. The molecule has 0 atom stereocenters. The van der Waals surface area contributed by atoms with Gasteiger partial charge in [0.15, 0.2) is 0 Å². The molecular formula is C14H11N3. The highest BCUT2D eigenvalue weighted by atomic mass is 14.7. The van der Waals surface area contributed by atoms with Crippen LogP contribution in [0.5, 0.6) is 0 Å². The third-order valence-corrected chi connectivity index (χ3v) is 2.73. The Morgan fingerprint density at radius 1 is 0.882 bits per heavy atom. The summed E-state index contributed by atoms with van der Waals surface area (Å²) in [6, 6.07) is 11.9. The van der Waals surface area contributed by atoms with Crippen molar-refractivity contribution < 1.29 is 0 Å². The standard InChI is InChI=1S/C14H11N3/c15-11-5-6-14(17-8-11)13-9-16-7-10-3-1-2-4-12(10)13/h1-9H,15H2. The molecule has 17 heavy (non-hydrogen) atoms. The van der Waals surface area contributed by atoms with E-state index in [2.05, 4.69) is 16.0 Å². The van der Waals surface area contributed by atoms with Gasteiger partial charge in [0.2, 0.25) is 0 Å². The van der Waals surface area contributed by atoms with Gasteiger partial charge >= 0.3 is 0 Å². The predicted octanol–water partition coefficient (Wildman–Crippen LogP) is 2.88. The van der Waals surface area contributed by atoms with E-state index in [0.29, 0.717) is 5.69 Å². The Morgan fingerprint density at radius 2 is 1.76 bits per heavy atom. The molecule has 3 nitrogen and oxygen atoms in total. The van der Waals surface area contributed by atoms with Gasteiger partial charge in [-0.3, -0.25) is 9.97 Å². The number of nitrogen functional groups attached to an aromatic ring is 1. The Bertz CT molecular complexity index is 654. The third kappa shape index (κ3) is 1.72. The maximum Gasteiger partial charge on any atom is 0.0725 e. The summed E-state index contributed by atoms with van der Waals surface area (Å²) in [5.41, 5.74) is 8.23. The Balaban J connectivity index is 2.27. The van der Waals surface area contributed by atoms with Gasteiger partial charge in [0.1, 0.15) is 0 Å². The summed E-state index contributed by atoms with van der Waals surface area (Å²) in [5, 5.41) is 2.27. The van der Waals surface area contributed by atoms with E-state index in [1.54, 1.807) is 6.20 Å². The SMILES string of the molecule is Nc1ccc(-c2cncc3ccccc23)nc1. The third-order valence-electron chi connectivity index (χ3n) is 2.73. The molecule has 2 heterocycles. The van der Waals surface area contributed by atoms with Crippen LogP contribution in [0.3, 0.4) is 0 Å². The zero-order chi connectivity index (χ0) is 11.7. The molecule has 0 bridgehead atoms. The second-order valence-electron chi connectivity index (χ2n) is 3.88. The first-order chi connectivity index (χ1) is 8.34. The highest BCUT2D eigenvalue weighted by molar-refractivity contribution is 5.94. The molecule has 0 amide bonds. The second kappa shape index (κ2) is 3.87. The molecule has 0 saturated heterocycles. The minimum Gasteiger partial charge on any atom is -0.397 e. The lowest BCUT2D eigenvalue weighted by Gasteiger charge is -2.05. The largest absolute Gasteiger partial charge is 0.397 e. The van der Waals surface area contributed by atoms with Crippen LogP contribution in [0.2, 0.25) is 0 Å². The van der Waals surface area contributed by atoms with Crippen LogP contribution in [0.15, 0.2) is 55.0 Å². The smallest absolute Gasteiger partial charge is 0.0725 e. The van der Waals surface area contributed by atoms with Crippen LogP contribution in [0.4, 0.5) is 5.69 Å². The number of nitrogens with two attached hydrogens (primary N) is 1. The van der Waals surface area contributed by atoms with Crippen LogP contribution >= 0.6 is 0 Å². The first kappa shape index (κ1) is 9.78. The van der Waals surface area contributed by atoms with Crippen molar-refractivity contribution in [2.75, 3.05) is 5.73 Å². The number of hydrogen-bond acceptors (Lipinski definition) is 3. The van der Waals surface area contributed by atoms with Crippen molar-refractivity contribution >= 4 is 16.5 Å². The van der Waals surface area contributed by atoms with Crippen molar-refractivity contribution in [1.82, 2.24) is 9.97 Å². The van der Waals surface area contributed by atoms with Crippen LogP contribution in [0.1, 0.15) is 0 Å². The molecule has 0 aliphatic carbocycles. The average Bonchev–Trinajstić information content (AvgIpc) is 2.39. The number of hydrogen-bond donors (Lipinski definition) is 1. The number of fused-ring (bicyclic) bond motifs is 1. The van der Waals surface area contributed by atoms with E-state index in [1.165, 1.54) is 0 Å². The number of pyridine rings is 2. The maximum atomic E-state index is 5.64. The molecule has 0 radical (unpaired) electrons. The van der Waals surface area contributed by atoms with Crippen LogP contribution in [-0.2, 0) is 0 Å². The van der Waals surface area contributed by atoms with Gasteiger partial charge in [-0.25, -0.2) is 0 Å². The van der Waals surface area contributed by atoms with E-state index >= 15 is 0 Å². The lowest BCUT2D eigenvalue weighted by atomic mass is 10.1. The topological polar surface area (TPSA) is 51.8 Å². The Kier molecular flexibility index (Phi) is 2.22. The van der Waals surface area contributed by atoms with Crippen LogP contribution in [0.25, 0.3) is 22.0 Å². The molecule has 0 fully saturated rings. The maximum absolute atomic E-state index is 5.64. The summed E-state index contributed by atoms with van der Waals surface area (Å²) in [6.45, 7) is 0. The van der Waals surface area contributed by atoms with Gasteiger partial charge in [-0.05, 0) is 17.5 Å². The van der Waals surface area contributed by atoms with E-state index in [0.717, 1.165) is 22.0 Å². The molecule has 3 heteroatoms. The lowest BCUT2D eigenvalue weighted by Crippen LogP contribution is -1.89. The molecule has 1 aromatic carbocycles. The lowest BCUT2D eigenvalue weighted by molar-refractivity contribution is 1.30. The molecular weight excluding hydrogens is 210 g/mol. The van der Waals surface area contributed by atoms with Crippen molar-refractivity contribution in [3.8, 4) is 11.3 Å². The summed E-state index contributed by atoms with van der Waals surface area (Å²) in [6.07, 6.45) is 5.36. The fraction of sp³-hybridized carbons (Fsp3) is 0. The molecule has 0 aliphatic heterocycles. The van der Waals surface area contributed by atoms with Crippen LogP contribution < -0.4 is 5.73 Å². The van der Waals surface area contributed by atoms with Gasteiger partial charge in [-0.1, -0.05) is 24.3 Å². The van der Waals surface area contributed by atoms with Crippen molar-refractivity contribution in [2.45, 2.75) is 0 Å². The summed E-state index contributed by atoms with van der Waals surface area (Å²) in [4.78, 5) is 8.57. The summed E-state index contributed by atoms with van der Waals surface area (Å²) < 4.78 is 0. The van der Waals surface area contributed by atoms with Gasteiger partial charge in [0, 0.05) is 23.3 Å². The molecule has 3 aromatic rings. The highest BCUT2D eigenvalue weighted by Gasteiger charge is 2.04. The minimum atomic E-state index is 0.668. The summed E-state index contributed by atoms with van der Waals surface area (Å²) in [7, 11) is 0. The van der Waals surface area contributed by atoms with E-state index in [1.807, 2.05) is 42.7 Å². The first-order valence-corrected chi connectivity index (χ1v) is 5.39. The molecule has 0 spiro atoms. The average molecular weight is 221 g/mol. The van der Waals surface area contributed by atoms with Gasteiger partial charge in [-0.15, -0.1) is 0 Å². The van der Waals surface area contributed by atoms with Crippen molar-refractivity contribution in [3.05, 3.63) is 55.0 Å². The van der Waals surface area contributed by atoms with Gasteiger partial charge < -0.3 is 5.73 Å². The first-order valence-electron chi connectivity index (χ1n) is 5.39. The monoisotopic (exact) mass is 221 g/mol. The van der Waals surface area contributed by atoms with Gasteiger partial charge in [-0.2, -0.15) is 0 Å². The second-order valence-corrected chi connectivity index (χ2v) is 3.88. The Morgan fingerprint density at radius 3 is 2.59 bits per heavy atom. The number of anilines is 1. The summed E-state index contributed by atoms with van der Waals surface area (Å²) >= 11 is 0. The zero-order valence-corrected chi connectivity index (χ0v) is 9.17. The molecule has 0 saturated carbocycles. The number of nitrogens with zero attached hydrogens (tertiary/aromatic N) is 2.